The van der Waals surface area contributed by atoms with Gasteiger partial charge in [-0.3, -0.25) is 4.79 Å². The lowest BCUT2D eigenvalue weighted by Gasteiger charge is -2.26. The van der Waals surface area contributed by atoms with Gasteiger partial charge >= 0.3 is 0 Å². The van der Waals surface area contributed by atoms with E-state index in [0.717, 1.165) is 31.6 Å². The molecule has 102 valence electrons. The number of fused-ring (bicyclic) bond motifs is 1. The van der Waals surface area contributed by atoms with Crippen molar-refractivity contribution in [3.05, 3.63) is 17.2 Å². The first kappa shape index (κ1) is 12.6. The molecule has 1 unspecified atom stereocenters. The molecule has 0 aromatic heterocycles. The van der Waals surface area contributed by atoms with Crippen LogP contribution in [0.5, 0.6) is 5.75 Å². The fourth-order valence-corrected chi connectivity index (χ4v) is 2.62. The second-order valence-corrected chi connectivity index (χ2v) is 5.26. The number of amides is 1. The Hall–Kier alpha value is -1.46. The molecular weight excluding hydrogens is 266 g/mol. The second-order valence-electron chi connectivity index (χ2n) is 4.85. The van der Waals surface area contributed by atoms with Gasteiger partial charge in [0.1, 0.15) is 5.75 Å². The average molecular weight is 282 g/mol. The number of piperidine rings is 1. The van der Waals surface area contributed by atoms with Crippen molar-refractivity contribution in [1.29, 1.82) is 0 Å². The van der Waals surface area contributed by atoms with Crippen LogP contribution in [0.15, 0.2) is 12.1 Å². The van der Waals surface area contributed by atoms with Crippen LogP contribution in [-0.4, -0.2) is 31.6 Å². The number of hydrogen-bond acceptors (Lipinski definition) is 4. The standard InChI is InChI=1S/C13H16ClN3O2/c14-9-4-11-12(19-7-13(18)17-11)5-10(9)16-8-2-1-3-15-6-8/h4-5,8,15-16H,1-3,6-7H2,(H,17,18). The zero-order chi connectivity index (χ0) is 13.2. The highest BCUT2D eigenvalue weighted by Gasteiger charge is 2.20. The molecule has 3 rings (SSSR count). The normalized spacial score (nSPS) is 22.2. The van der Waals surface area contributed by atoms with Crippen LogP contribution in [0.25, 0.3) is 0 Å². The Balaban J connectivity index is 1.80. The Morgan fingerprint density at radius 1 is 1.42 bits per heavy atom. The molecule has 1 aromatic carbocycles. The maximum Gasteiger partial charge on any atom is 0.262 e. The summed E-state index contributed by atoms with van der Waals surface area (Å²) in [6, 6.07) is 3.96. The molecule has 0 radical (unpaired) electrons. The van der Waals surface area contributed by atoms with Crippen LogP contribution >= 0.6 is 11.6 Å². The Morgan fingerprint density at radius 2 is 2.32 bits per heavy atom. The maximum atomic E-state index is 11.2. The van der Waals surface area contributed by atoms with Crippen LogP contribution in [0.1, 0.15) is 12.8 Å². The summed E-state index contributed by atoms with van der Waals surface area (Å²) in [6.07, 6.45) is 2.28. The molecule has 2 aliphatic rings. The van der Waals surface area contributed by atoms with Gasteiger partial charge in [0, 0.05) is 18.7 Å². The molecule has 0 saturated carbocycles. The largest absolute Gasteiger partial charge is 0.482 e. The van der Waals surface area contributed by atoms with E-state index in [1.807, 2.05) is 6.07 Å². The zero-order valence-electron chi connectivity index (χ0n) is 10.5. The summed E-state index contributed by atoms with van der Waals surface area (Å²) in [5, 5.41) is 10.1. The second kappa shape index (κ2) is 5.27. The predicted octanol–water partition coefficient (Wildman–Crippen LogP) is 1.83. The highest BCUT2D eigenvalue weighted by Crippen LogP contribution is 2.36. The van der Waals surface area contributed by atoms with E-state index in [-0.39, 0.29) is 12.5 Å². The van der Waals surface area contributed by atoms with Crippen molar-refractivity contribution >= 4 is 28.9 Å². The Labute approximate surface area is 116 Å². The molecule has 1 saturated heterocycles. The number of carbonyl (C=O) groups excluding carboxylic acids is 1. The third-order valence-electron chi connectivity index (χ3n) is 3.36. The van der Waals surface area contributed by atoms with Crippen molar-refractivity contribution in [3.8, 4) is 5.75 Å². The summed E-state index contributed by atoms with van der Waals surface area (Å²) in [4.78, 5) is 11.2. The summed E-state index contributed by atoms with van der Waals surface area (Å²) in [6.45, 7) is 2.06. The molecule has 1 atom stereocenters. The summed E-state index contributed by atoms with van der Waals surface area (Å²) >= 11 is 6.24. The number of ether oxygens (including phenoxy) is 1. The van der Waals surface area contributed by atoms with Gasteiger partial charge in [-0.25, -0.2) is 0 Å². The minimum Gasteiger partial charge on any atom is -0.482 e. The van der Waals surface area contributed by atoms with Crippen LogP contribution in [0.2, 0.25) is 5.02 Å². The van der Waals surface area contributed by atoms with Crippen molar-refractivity contribution in [3.63, 3.8) is 0 Å². The van der Waals surface area contributed by atoms with Crippen molar-refractivity contribution in [1.82, 2.24) is 5.32 Å². The molecule has 5 nitrogen and oxygen atoms in total. The van der Waals surface area contributed by atoms with E-state index in [0.29, 0.717) is 22.5 Å². The minimum absolute atomic E-state index is 0.0546. The Bertz CT molecular complexity index is 501. The number of anilines is 2. The molecular formula is C13H16ClN3O2. The van der Waals surface area contributed by atoms with Gasteiger partial charge in [-0.1, -0.05) is 11.6 Å². The van der Waals surface area contributed by atoms with E-state index in [9.17, 15) is 4.79 Å². The predicted molar refractivity (Wildman–Crippen MR) is 75.1 cm³/mol. The van der Waals surface area contributed by atoms with Crippen molar-refractivity contribution in [2.75, 3.05) is 30.3 Å². The third-order valence-corrected chi connectivity index (χ3v) is 3.67. The van der Waals surface area contributed by atoms with Crippen LogP contribution < -0.4 is 20.7 Å². The highest BCUT2D eigenvalue weighted by molar-refractivity contribution is 6.33. The first-order valence-corrected chi connectivity index (χ1v) is 6.83. The quantitative estimate of drug-likeness (QED) is 0.774. The van der Waals surface area contributed by atoms with E-state index in [1.54, 1.807) is 6.07 Å². The Morgan fingerprint density at radius 3 is 3.11 bits per heavy atom. The van der Waals surface area contributed by atoms with Crippen molar-refractivity contribution < 1.29 is 9.53 Å². The molecule has 1 aromatic rings. The lowest BCUT2D eigenvalue weighted by atomic mass is 10.1. The van der Waals surface area contributed by atoms with Gasteiger partial charge in [-0.2, -0.15) is 0 Å². The number of hydrogen-bond donors (Lipinski definition) is 3. The minimum atomic E-state index is -0.152. The molecule has 3 N–H and O–H groups in total. The van der Waals surface area contributed by atoms with Gasteiger partial charge in [0.2, 0.25) is 0 Å². The molecule has 2 aliphatic heterocycles. The fourth-order valence-electron chi connectivity index (χ4n) is 2.41. The van der Waals surface area contributed by atoms with Gasteiger partial charge in [0.05, 0.1) is 16.4 Å². The number of halogens is 1. The number of benzene rings is 1. The van der Waals surface area contributed by atoms with E-state index >= 15 is 0 Å². The number of nitrogens with one attached hydrogen (secondary N) is 3. The van der Waals surface area contributed by atoms with Gasteiger partial charge in [0.15, 0.2) is 6.61 Å². The van der Waals surface area contributed by atoms with E-state index < -0.39 is 0 Å². The highest BCUT2D eigenvalue weighted by atomic mass is 35.5. The van der Waals surface area contributed by atoms with Crippen molar-refractivity contribution in [2.45, 2.75) is 18.9 Å². The summed E-state index contributed by atoms with van der Waals surface area (Å²) < 4.78 is 5.39. The van der Waals surface area contributed by atoms with E-state index in [1.165, 1.54) is 0 Å². The summed E-state index contributed by atoms with van der Waals surface area (Å²) in [5.41, 5.74) is 1.49. The van der Waals surface area contributed by atoms with Crippen LogP contribution in [-0.2, 0) is 4.79 Å². The zero-order valence-corrected chi connectivity index (χ0v) is 11.2. The smallest absolute Gasteiger partial charge is 0.262 e. The van der Waals surface area contributed by atoms with Gasteiger partial charge in [-0.05, 0) is 25.5 Å². The monoisotopic (exact) mass is 281 g/mol. The molecule has 1 fully saturated rings. The van der Waals surface area contributed by atoms with Crippen LogP contribution in [0.4, 0.5) is 11.4 Å². The van der Waals surface area contributed by atoms with E-state index in [4.69, 9.17) is 16.3 Å². The molecule has 0 spiro atoms. The van der Waals surface area contributed by atoms with E-state index in [2.05, 4.69) is 16.0 Å². The first-order valence-electron chi connectivity index (χ1n) is 6.46. The van der Waals surface area contributed by atoms with Crippen LogP contribution in [0.3, 0.4) is 0 Å². The summed E-state index contributed by atoms with van der Waals surface area (Å²) in [5.74, 6) is 0.510. The van der Waals surface area contributed by atoms with Gasteiger partial charge in [0.25, 0.3) is 5.91 Å². The van der Waals surface area contributed by atoms with Gasteiger partial charge < -0.3 is 20.7 Å². The maximum absolute atomic E-state index is 11.2. The van der Waals surface area contributed by atoms with Crippen LogP contribution in [0, 0.1) is 0 Å². The Kier molecular flexibility index (Phi) is 3.48. The first-order chi connectivity index (χ1) is 9.22. The third kappa shape index (κ3) is 2.77. The lowest BCUT2D eigenvalue weighted by Crippen LogP contribution is -2.38. The molecule has 2 heterocycles. The molecule has 19 heavy (non-hydrogen) atoms. The molecule has 0 bridgehead atoms. The van der Waals surface area contributed by atoms with Gasteiger partial charge in [-0.15, -0.1) is 0 Å². The fraction of sp³-hybridized carbons (Fsp3) is 0.462. The molecule has 6 heteroatoms. The number of carbonyl (C=O) groups is 1. The number of rotatable bonds is 2. The lowest BCUT2D eigenvalue weighted by molar-refractivity contribution is -0.118. The molecule has 0 aliphatic carbocycles. The summed E-state index contributed by atoms with van der Waals surface area (Å²) in [7, 11) is 0. The SMILES string of the molecule is O=C1COc2cc(NC3CCCNC3)c(Cl)cc2N1. The average Bonchev–Trinajstić information content (AvgIpc) is 2.41. The topological polar surface area (TPSA) is 62.4 Å². The van der Waals surface area contributed by atoms with Crippen molar-refractivity contribution in [2.24, 2.45) is 0 Å². The molecule has 1 amide bonds.